The number of alkyl halides is 1. The van der Waals surface area contributed by atoms with Gasteiger partial charge in [0.2, 0.25) is 0 Å². The first-order valence-electron chi connectivity index (χ1n) is 7.10. The number of hydrogen-bond acceptors (Lipinski definition) is 1. The Morgan fingerprint density at radius 2 is 2.30 bits per heavy atom. The molecular formula is C16H21BrFNO. The summed E-state index contributed by atoms with van der Waals surface area (Å²) in [6.45, 7) is 4.05. The van der Waals surface area contributed by atoms with E-state index in [0.717, 1.165) is 30.2 Å². The van der Waals surface area contributed by atoms with Crippen LogP contribution in [0.1, 0.15) is 48.5 Å². The SMILES string of the molecule is Cc1ccc(F)cc1C(=O)NC1(CBr)CCCC(C)C1. The molecule has 1 N–H and O–H groups in total. The van der Waals surface area contributed by atoms with Gasteiger partial charge >= 0.3 is 0 Å². The Balaban J connectivity index is 2.19. The third-order valence-electron chi connectivity index (χ3n) is 4.17. The van der Waals surface area contributed by atoms with E-state index in [2.05, 4.69) is 28.2 Å². The van der Waals surface area contributed by atoms with Crippen molar-refractivity contribution < 1.29 is 9.18 Å². The number of carbonyl (C=O) groups is 1. The van der Waals surface area contributed by atoms with Crippen molar-refractivity contribution >= 4 is 21.8 Å². The molecule has 1 aromatic carbocycles. The van der Waals surface area contributed by atoms with Crippen LogP contribution in [-0.4, -0.2) is 16.8 Å². The van der Waals surface area contributed by atoms with Gasteiger partial charge in [-0.3, -0.25) is 4.79 Å². The number of amides is 1. The minimum atomic E-state index is -0.370. The molecule has 110 valence electrons. The van der Waals surface area contributed by atoms with Gasteiger partial charge in [0.05, 0.1) is 5.54 Å². The summed E-state index contributed by atoms with van der Waals surface area (Å²) < 4.78 is 13.3. The van der Waals surface area contributed by atoms with Crippen LogP contribution in [0, 0.1) is 18.7 Å². The first-order valence-corrected chi connectivity index (χ1v) is 8.22. The van der Waals surface area contributed by atoms with Crippen molar-refractivity contribution in [2.75, 3.05) is 5.33 Å². The zero-order chi connectivity index (χ0) is 14.8. The van der Waals surface area contributed by atoms with Crippen molar-refractivity contribution in [1.82, 2.24) is 5.32 Å². The van der Waals surface area contributed by atoms with Crippen molar-refractivity contribution in [2.24, 2.45) is 5.92 Å². The van der Waals surface area contributed by atoms with E-state index in [9.17, 15) is 9.18 Å². The van der Waals surface area contributed by atoms with Crippen LogP contribution in [0.25, 0.3) is 0 Å². The Hall–Kier alpha value is -0.900. The minimum Gasteiger partial charge on any atom is -0.346 e. The van der Waals surface area contributed by atoms with Crippen LogP contribution in [0.2, 0.25) is 0 Å². The van der Waals surface area contributed by atoms with Crippen LogP contribution in [0.5, 0.6) is 0 Å². The summed E-state index contributed by atoms with van der Waals surface area (Å²) >= 11 is 3.54. The standard InChI is InChI=1S/C16H21BrFNO/c1-11-4-3-7-16(9-11,10-17)19-15(20)14-8-13(18)6-5-12(14)2/h5-6,8,11H,3-4,7,9-10H2,1-2H3,(H,19,20). The van der Waals surface area contributed by atoms with E-state index in [4.69, 9.17) is 0 Å². The molecule has 0 spiro atoms. The van der Waals surface area contributed by atoms with Gasteiger partial charge in [-0.05, 0) is 43.4 Å². The highest BCUT2D eigenvalue weighted by molar-refractivity contribution is 9.09. The number of hydrogen-bond donors (Lipinski definition) is 1. The van der Waals surface area contributed by atoms with Crippen LogP contribution in [0.3, 0.4) is 0 Å². The Morgan fingerprint density at radius 1 is 1.55 bits per heavy atom. The molecule has 0 saturated heterocycles. The Bertz CT molecular complexity index is 505. The first-order chi connectivity index (χ1) is 9.46. The highest BCUT2D eigenvalue weighted by Gasteiger charge is 2.35. The van der Waals surface area contributed by atoms with Crippen molar-refractivity contribution in [1.29, 1.82) is 0 Å². The summed E-state index contributed by atoms with van der Waals surface area (Å²) in [5.41, 5.74) is 1.04. The fourth-order valence-electron chi connectivity index (χ4n) is 3.08. The van der Waals surface area contributed by atoms with Gasteiger partial charge in [0.25, 0.3) is 5.91 Å². The zero-order valence-electron chi connectivity index (χ0n) is 12.0. The molecular weight excluding hydrogens is 321 g/mol. The van der Waals surface area contributed by atoms with Crippen LogP contribution in [0.4, 0.5) is 4.39 Å². The molecule has 1 aliphatic carbocycles. The van der Waals surface area contributed by atoms with Gasteiger partial charge in [0.1, 0.15) is 5.82 Å². The normalized spacial score (nSPS) is 26.3. The predicted octanol–water partition coefficient (Wildman–Crippen LogP) is 4.21. The number of carbonyl (C=O) groups excluding carboxylic acids is 1. The molecule has 1 amide bonds. The summed E-state index contributed by atoms with van der Waals surface area (Å²) in [4.78, 5) is 12.5. The third-order valence-corrected chi connectivity index (χ3v) is 5.24. The van der Waals surface area contributed by atoms with Crippen LogP contribution >= 0.6 is 15.9 Å². The number of benzene rings is 1. The lowest BCUT2D eigenvalue weighted by Crippen LogP contribution is -2.52. The number of halogens is 2. The Morgan fingerprint density at radius 3 is 2.95 bits per heavy atom. The largest absolute Gasteiger partial charge is 0.346 e. The lowest BCUT2D eigenvalue weighted by molar-refractivity contribution is 0.0868. The van der Waals surface area contributed by atoms with Crippen molar-refractivity contribution in [3.05, 3.63) is 35.1 Å². The van der Waals surface area contributed by atoms with Gasteiger partial charge in [-0.15, -0.1) is 0 Å². The molecule has 1 aliphatic rings. The van der Waals surface area contributed by atoms with Gasteiger partial charge in [-0.25, -0.2) is 4.39 Å². The molecule has 1 aromatic rings. The van der Waals surface area contributed by atoms with E-state index >= 15 is 0 Å². The molecule has 1 saturated carbocycles. The van der Waals surface area contributed by atoms with E-state index in [0.29, 0.717) is 11.5 Å². The highest BCUT2D eigenvalue weighted by atomic mass is 79.9. The lowest BCUT2D eigenvalue weighted by Gasteiger charge is -2.39. The van der Waals surface area contributed by atoms with E-state index in [-0.39, 0.29) is 17.3 Å². The second-order valence-corrected chi connectivity index (χ2v) is 6.59. The molecule has 2 unspecified atom stereocenters. The third kappa shape index (κ3) is 3.40. The van der Waals surface area contributed by atoms with E-state index in [1.54, 1.807) is 6.07 Å². The van der Waals surface area contributed by atoms with Gasteiger partial charge < -0.3 is 5.32 Å². The molecule has 2 rings (SSSR count). The second kappa shape index (κ2) is 6.25. The maximum atomic E-state index is 13.3. The van der Waals surface area contributed by atoms with Gasteiger partial charge in [0, 0.05) is 10.9 Å². The van der Waals surface area contributed by atoms with Gasteiger partial charge in [0.15, 0.2) is 0 Å². The Kier molecular flexibility index (Phi) is 4.84. The Labute approximate surface area is 128 Å². The number of nitrogens with one attached hydrogen (secondary N) is 1. The lowest BCUT2D eigenvalue weighted by atomic mass is 9.77. The average Bonchev–Trinajstić information content (AvgIpc) is 2.41. The summed E-state index contributed by atoms with van der Waals surface area (Å²) in [5.74, 6) is 0.0661. The van der Waals surface area contributed by atoms with E-state index < -0.39 is 0 Å². The average molecular weight is 342 g/mol. The monoisotopic (exact) mass is 341 g/mol. The topological polar surface area (TPSA) is 29.1 Å². The zero-order valence-corrected chi connectivity index (χ0v) is 13.6. The number of rotatable bonds is 3. The molecule has 0 radical (unpaired) electrons. The quantitative estimate of drug-likeness (QED) is 0.820. The van der Waals surface area contributed by atoms with Crippen LogP contribution < -0.4 is 5.32 Å². The minimum absolute atomic E-state index is 0.171. The molecule has 0 heterocycles. The van der Waals surface area contributed by atoms with E-state index in [1.165, 1.54) is 18.6 Å². The fourth-order valence-corrected chi connectivity index (χ4v) is 3.72. The van der Waals surface area contributed by atoms with Crippen LogP contribution in [0.15, 0.2) is 18.2 Å². The second-order valence-electron chi connectivity index (χ2n) is 6.03. The summed E-state index contributed by atoms with van der Waals surface area (Å²) in [5, 5.41) is 3.88. The molecule has 0 aromatic heterocycles. The van der Waals surface area contributed by atoms with Crippen molar-refractivity contribution in [3.8, 4) is 0 Å². The molecule has 0 aliphatic heterocycles. The van der Waals surface area contributed by atoms with E-state index in [1.807, 2.05) is 6.92 Å². The molecule has 1 fully saturated rings. The smallest absolute Gasteiger partial charge is 0.252 e. The molecule has 2 nitrogen and oxygen atoms in total. The summed E-state index contributed by atoms with van der Waals surface area (Å²) in [7, 11) is 0. The summed E-state index contributed by atoms with van der Waals surface area (Å²) in [6, 6.07) is 4.35. The van der Waals surface area contributed by atoms with Gasteiger partial charge in [-0.2, -0.15) is 0 Å². The fraction of sp³-hybridized carbons (Fsp3) is 0.562. The van der Waals surface area contributed by atoms with Crippen molar-refractivity contribution in [2.45, 2.75) is 45.1 Å². The number of aryl methyl sites for hydroxylation is 1. The first kappa shape index (κ1) is 15.5. The molecule has 2 atom stereocenters. The van der Waals surface area contributed by atoms with Gasteiger partial charge in [-0.1, -0.05) is 41.8 Å². The molecule has 4 heteroatoms. The molecule has 0 bridgehead atoms. The summed E-state index contributed by atoms with van der Waals surface area (Å²) in [6.07, 6.45) is 4.28. The molecule has 20 heavy (non-hydrogen) atoms. The maximum Gasteiger partial charge on any atom is 0.252 e. The van der Waals surface area contributed by atoms with Crippen molar-refractivity contribution in [3.63, 3.8) is 0 Å². The maximum absolute atomic E-state index is 13.3. The highest BCUT2D eigenvalue weighted by Crippen LogP contribution is 2.34. The predicted molar refractivity (Wildman–Crippen MR) is 82.8 cm³/mol. The van der Waals surface area contributed by atoms with Crippen LogP contribution in [-0.2, 0) is 0 Å².